The zero-order chi connectivity index (χ0) is 15.0. The Morgan fingerprint density at radius 3 is 3.00 bits per heavy atom. The molecular formula is C13H11ClN2O3S2. The summed E-state index contributed by atoms with van der Waals surface area (Å²) in [5.41, 5.74) is 0.767. The Hall–Kier alpha value is -1.44. The van der Waals surface area contributed by atoms with Crippen LogP contribution in [-0.4, -0.2) is 25.1 Å². The zero-order valence-electron chi connectivity index (χ0n) is 10.7. The van der Waals surface area contributed by atoms with Gasteiger partial charge in [0.1, 0.15) is 0 Å². The summed E-state index contributed by atoms with van der Waals surface area (Å²) in [6.45, 7) is 0. The Balaban J connectivity index is 1.68. The molecule has 0 saturated carbocycles. The number of amides is 1. The van der Waals surface area contributed by atoms with E-state index in [1.165, 1.54) is 16.7 Å². The van der Waals surface area contributed by atoms with Crippen molar-refractivity contribution in [3.05, 3.63) is 34.7 Å². The molecule has 0 saturated heterocycles. The summed E-state index contributed by atoms with van der Waals surface area (Å²) >= 11 is 7.23. The Morgan fingerprint density at radius 2 is 2.29 bits per heavy atom. The lowest BCUT2D eigenvalue weighted by atomic mass is 10.1. The maximum absolute atomic E-state index is 11.9. The summed E-state index contributed by atoms with van der Waals surface area (Å²) in [5.74, 6) is -0.513. The van der Waals surface area contributed by atoms with E-state index in [2.05, 4.69) is 10.3 Å². The number of thiazole rings is 1. The number of anilines is 1. The van der Waals surface area contributed by atoms with Crippen molar-refractivity contribution < 1.29 is 13.2 Å². The molecule has 5 nitrogen and oxygen atoms in total. The molecular weight excluding hydrogens is 332 g/mol. The molecule has 2 aromatic rings. The molecule has 1 N–H and O–H groups in total. The van der Waals surface area contributed by atoms with Gasteiger partial charge in [0.2, 0.25) is 5.91 Å². The fourth-order valence-electron chi connectivity index (χ4n) is 2.13. The quantitative estimate of drug-likeness (QED) is 0.930. The van der Waals surface area contributed by atoms with Crippen molar-refractivity contribution in [2.45, 2.75) is 6.42 Å². The lowest BCUT2D eigenvalue weighted by Gasteiger charge is -2.05. The van der Waals surface area contributed by atoms with Crippen molar-refractivity contribution in [2.24, 2.45) is 5.92 Å². The second-order valence-corrected chi connectivity index (χ2v) is 8.20. The highest BCUT2D eigenvalue weighted by Gasteiger charge is 2.24. The molecule has 1 aromatic carbocycles. The number of hydrogen-bond acceptors (Lipinski definition) is 5. The van der Waals surface area contributed by atoms with Crippen LogP contribution in [0.15, 0.2) is 29.7 Å². The first-order valence-electron chi connectivity index (χ1n) is 6.18. The number of aromatic nitrogens is 1. The highest BCUT2D eigenvalue weighted by atomic mass is 35.5. The molecule has 21 heavy (non-hydrogen) atoms. The lowest BCUT2D eigenvalue weighted by molar-refractivity contribution is -0.116. The van der Waals surface area contributed by atoms with Crippen LogP contribution in [0.2, 0.25) is 5.02 Å². The maximum atomic E-state index is 11.9. The van der Waals surface area contributed by atoms with Crippen LogP contribution in [0.4, 0.5) is 5.13 Å². The number of fused-ring (bicyclic) bond motifs is 1. The Labute approximate surface area is 130 Å². The van der Waals surface area contributed by atoms with Crippen molar-refractivity contribution >= 4 is 54.0 Å². The third-order valence-electron chi connectivity index (χ3n) is 3.05. The standard InChI is InChI=1S/C13H11ClN2O3S2/c14-9-1-2-10-11(6-9)20-13(15-10)16-12(17)5-8-3-4-21(18,19)7-8/h1-4,6,8H,5,7H2,(H,15,16,17). The van der Waals surface area contributed by atoms with E-state index in [1.807, 2.05) is 0 Å². The topological polar surface area (TPSA) is 76.1 Å². The number of rotatable bonds is 3. The van der Waals surface area contributed by atoms with Gasteiger partial charge in [-0.15, -0.1) is 0 Å². The molecule has 0 spiro atoms. The molecule has 0 bridgehead atoms. The predicted octanol–water partition coefficient (Wildman–Crippen LogP) is 2.84. The van der Waals surface area contributed by atoms with Gasteiger partial charge in [-0.3, -0.25) is 4.79 Å². The van der Waals surface area contributed by atoms with E-state index in [0.717, 1.165) is 10.2 Å². The molecule has 1 unspecified atom stereocenters. The molecule has 8 heteroatoms. The molecule has 1 aliphatic heterocycles. The number of allylic oxidation sites excluding steroid dienone is 1. The average Bonchev–Trinajstić information content (AvgIpc) is 2.91. The highest BCUT2D eigenvalue weighted by molar-refractivity contribution is 7.94. The summed E-state index contributed by atoms with van der Waals surface area (Å²) in [7, 11) is -3.13. The van der Waals surface area contributed by atoms with E-state index in [1.54, 1.807) is 24.3 Å². The predicted molar refractivity (Wildman–Crippen MR) is 84.3 cm³/mol. The van der Waals surface area contributed by atoms with Crippen molar-refractivity contribution in [2.75, 3.05) is 11.1 Å². The molecule has 0 radical (unpaired) electrons. The second kappa shape index (κ2) is 5.40. The number of nitrogens with zero attached hydrogens (tertiary/aromatic N) is 1. The van der Waals surface area contributed by atoms with Crippen molar-refractivity contribution in [3.63, 3.8) is 0 Å². The van der Waals surface area contributed by atoms with Crippen LogP contribution in [0, 0.1) is 5.92 Å². The Bertz CT molecular complexity index is 842. The van der Waals surface area contributed by atoms with Gasteiger partial charge in [-0.05, 0) is 18.2 Å². The van der Waals surface area contributed by atoms with E-state index >= 15 is 0 Å². The van der Waals surface area contributed by atoms with Gasteiger partial charge in [0, 0.05) is 22.8 Å². The average molecular weight is 343 g/mol. The zero-order valence-corrected chi connectivity index (χ0v) is 13.1. The molecule has 1 aliphatic rings. The van der Waals surface area contributed by atoms with Gasteiger partial charge in [0.25, 0.3) is 0 Å². The third-order valence-corrected chi connectivity index (χ3v) is 5.68. The van der Waals surface area contributed by atoms with E-state index in [4.69, 9.17) is 11.6 Å². The van der Waals surface area contributed by atoms with Gasteiger partial charge < -0.3 is 5.32 Å². The van der Waals surface area contributed by atoms with E-state index < -0.39 is 9.84 Å². The summed E-state index contributed by atoms with van der Waals surface area (Å²) in [6.07, 6.45) is 1.69. The van der Waals surface area contributed by atoms with Gasteiger partial charge >= 0.3 is 0 Å². The SMILES string of the molecule is O=C(CC1C=CS(=O)(=O)C1)Nc1nc2ccc(Cl)cc2s1. The first-order chi connectivity index (χ1) is 9.91. The van der Waals surface area contributed by atoms with Crippen molar-refractivity contribution in [1.29, 1.82) is 0 Å². The number of benzene rings is 1. The molecule has 0 aliphatic carbocycles. The minimum absolute atomic E-state index is 0.00409. The maximum Gasteiger partial charge on any atom is 0.226 e. The fourth-order valence-corrected chi connectivity index (χ4v) is 4.68. The molecule has 110 valence electrons. The van der Waals surface area contributed by atoms with Gasteiger partial charge in [-0.1, -0.05) is 29.0 Å². The number of sulfone groups is 1. The normalized spacial score (nSPS) is 20.0. The molecule has 1 amide bonds. The summed E-state index contributed by atoms with van der Waals surface area (Å²) in [4.78, 5) is 16.2. The van der Waals surface area contributed by atoms with Crippen molar-refractivity contribution in [3.8, 4) is 0 Å². The number of hydrogen-bond donors (Lipinski definition) is 1. The van der Waals surface area contributed by atoms with Crippen LogP contribution in [0.3, 0.4) is 0 Å². The number of carbonyl (C=O) groups is 1. The van der Waals surface area contributed by atoms with Gasteiger partial charge in [-0.25, -0.2) is 13.4 Å². The molecule has 0 fully saturated rings. The second-order valence-electron chi connectivity index (χ2n) is 4.80. The third kappa shape index (κ3) is 3.42. The number of nitrogens with one attached hydrogen (secondary N) is 1. The molecule has 1 atom stereocenters. The van der Waals surface area contributed by atoms with E-state index in [0.29, 0.717) is 10.2 Å². The highest BCUT2D eigenvalue weighted by Crippen LogP contribution is 2.28. The monoisotopic (exact) mass is 342 g/mol. The Morgan fingerprint density at radius 1 is 1.48 bits per heavy atom. The van der Waals surface area contributed by atoms with Crippen LogP contribution in [-0.2, 0) is 14.6 Å². The Kier molecular flexibility index (Phi) is 3.73. The van der Waals surface area contributed by atoms with Gasteiger partial charge in [0.15, 0.2) is 15.0 Å². The number of carbonyl (C=O) groups excluding carboxylic acids is 1. The van der Waals surface area contributed by atoms with E-state index in [-0.39, 0.29) is 24.0 Å². The molecule has 1 aromatic heterocycles. The number of halogens is 1. The van der Waals surface area contributed by atoms with E-state index in [9.17, 15) is 13.2 Å². The van der Waals surface area contributed by atoms with Crippen LogP contribution in [0.1, 0.15) is 6.42 Å². The summed E-state index contributed by atoms with van der Waals surface area (Å²) < 4.78 is 23.5. The lowest BCUT2D eigenvalue weighted by Crippen LogP contribution is -2.17. The largest absolute Gasteiger partial charge is 0.302 e. The smallest absolute Gasteiger partial charge is 0.226 e. The molecule has 3 rings (SSSR count). The summed E-state index contributed by atoms with van der Waals surface area (Å²) in [5, 5.41) is 4.98. The first-order valence-corrected chi connectivity index (χ1v) is 9.09. The van der Waals surface area contributed by atoms with Crippen LogP contribution < -0.4 is 5.32 Å². The van der Waals surface area contributed by atoms with Crippen LogP contribution >= 0.6 is 22.9 Å². The van der Waals surface area contributed by atoms with Gasteiger partial charge in [0.05, 0.1) is 16.0 Å². The summed E-state index contributed by atoms with van der Waals surface area (Å²) in [6, 6.07) is 5.32. The van der Waals surface area contributed by atoms with Crippen molar-refractivity contribution in [1.82, 2.24) is 4.98 Å². The van der Waals surface area contributed by atoms with Gasteiger partial charge in [-0.2, -0.15) is 0 Å². The van der Waals surface area contributed by atoms with Crippen LogP contribution in [0.25, 0.3) is 10.2 Å². The first kappa shape index (κ1) is 14.5. The fraction of sp³-hybridized carbons (Fsp3) is 0.231. The molecule has 2 heterocycles. The minimum Gasteiger partial charge on any atom is -0.302 e. The minimum atomic E-state index is -3.13. The van der Waals surface area contributed by atoms with Crippen LogP contribution in [0.5, 0.6) is 0 Å².